The number of H-pyrrole nitrogens is 2. The molecule has 2 aliphatic heterocycles. The smallest absolute Gasteiger partial charge is 0.238 e. The number of rotatable bonds is 1. The van der Waals surface area contributed by atoms with E-state index >= 15 is 0 Å². The monoisotopic (exact) mass is 649 g/mol. The van der Waals surface area contributed by atoms with E-state index in [-0.39, 0.29) is 27.6 Å². The molecule has 5 heterocycles. The van der Waals surface area contributed by atoms with E-state index in [1.165, 1.54) is 6.07 Å². The summed E-state index contributed by atoms with van der Waals surface area (Å²) < 4.78 is 25.5. The summed E-state index contributed by atoms with van der Waals surface area (Å²) in [5.41, 5.74) is 4.95. The van der Waals surface area contributed by atoms with Crippen molar-refractivity contribution in [1.29, 1.82) is 0 Å². The third kappa shape index (κ3) is 4.17. The van der Waals surface area contributed by atoms with E-state index in [0.717, 1.165) is 33.0 Å². The Morgan fingerprint density at radius 1 is 0.467 bits per heavy atom. The molecule has 45 heavy (non-hydrogen) atoms. The molecule has 0 spiro atoms. The van der Waals surface area contributed by atoms with Gasteiger partial charge in [0.2, 0.25) is 10.0 Å². The van der Waals surface area contributed by atoms with Crippen molar-refractivity contribution in [3.05, 3.63) is 91.0 Å². The summed E-state index contributed by atoms with van der Waals surface area (Å²) in [4.78, 5) is 35.9. The zero-order chi connectivity index (χ0) is 29.6. The van der Waals surface area contributed by atoms with Gasteiger partial charge in [-0.05, 0) is 6.07 Å². The zero-order valence-corrected chi connectivity index (χ0v) is 24.9. The summed E-state index contributed by atoms with van der Waals surface area (Å²) in [5.74, 6) is 1.72. The van der Waals surface area contributed by atoms with Gasteiger partial charge in [-0.1, -0.05) is 84.9 Å². The van der Waals surface area contributed by atoms with Gasteiger partial charge in [-0.15, -0.1) is 0 Å². The Balaban J connectivity index is 0.00000300. The first kappa shape index (κ1) is 27.2. The molecule has 0 atom stereocenters. The Bertz CT molecular complexity index is 2660. The SMILES string of the molecule is NS(=O)(=O)c1cccc2c3nc4nc(nc5[nH]c(nc6nc(nc([nH]3)c12)-c1ccccc1-6)c1ccccc51)-c1ccccc1-4.[Fe]. The molecule has 7 aromatic rings. The first-order valence-corrected chi connectivity index (χ1v) is 15.2. The molecule has 4 N–H and O–H groups in total. The minimum Gasteiger partial charge on any atom is -0.324 e. The van der Waals surface area contributed by atoms with Gasteiger partial charge in [-0.2, -0.15) is 0 Å². The Hall–Kier alpha value is -5.33. The van der Waals surface area contributed by atoms with Crippen LogP contribution in [0.3, 0.4) is 0 Å². The zero-order valence-electron chi connectivity index (χ0n) is 23.0. The number of primary sulfonamides is 1. The van der Waals surface area contributed by atoms with Gasteiger partial charge < -0.3 is 9.97 Å². The second-order valence-electron chi connectivity index (χ2n) is 10.5. The van der Waals surface area contributed by atoms with Crippen LogP contribution >= 0.6 is 0 Å². The van der Waals surface area contributed by atoms with E-state index in [2.05, 4.69) is 9.97 Å². The average molecular weight is 649 g/mol. The summed E-state index contributed by atoms with van der Waals surface area (Å²) in [6, 6.07) is 28.0. The Morgan fingerprint density at radius 3 is 1.31 bits per heavy atom. The van der Waals surface area contributed by atoms with Gasteiger partial charge in [0.1, 0.15) is 22.6 Å². The first-order valence-electron chi connectivity index (χ1n) is 13.7. The molecule has 4 aromatic carbocycles. The van der Waals surface area contributed by atoms with Crippen LogP contribution in [0.5, 0.6) is 0 Å². The van der Waals surface area contributed by atoms with Crippen LogP contribution in [0.4, 0.5) is 0 Å². The molecule has 8 bridgehead atoms. The predicted molar refractivity (Wildman–Crippen MR) is 167 cm³/mol. The Labute approximate surface area is 265 Å². The molecule has 3 aromatic heterocycles. The van der Waals surface area contributed by atoms with Crippen LogP contribution in [-0.2, 0) is 27.1 Å². The van der Waals surface area contributed by atoms with Crippen molar-refractivity contribution in [2.45, 2.75) is 4.90 Å². The molecule has 0 unspecified atom stereocenters. The van der Waals surface area contributed by atoms with E-state index in [0.29, 0.717) is 51.0 Å². The van der Waals surface area contributed by atoms with Gasteiger partial charge >= 0.3 is 0 Å². The van der Waals surface area contributed by atoms with Crippen LogP contribution in [0.25, 0.3) is 89.7 Å². The van der Waals surface area contributed by atoms with Crippen LogP contribution in [0.15, 0.2) is 95.9 Å². The quantitative estimate of drug-likeness (QED) is 0.196. The number of hydrogen-bond donors (Lipinski definition) is 3. The molecule has 0 saturated carbocycles. The number of fused-ring (bicyclic) bond motifs is 20. The molecular weight excluding hydrogens is 630 g/mol. The molecule has 0 aliphatic carbocycles. The van der Waals surface area contributed by atoms with Crippen LogP contribution in [0, 0.1) is 0 Å². The van der Waals surface area contributed by atoms with E-state index in [4.69, 9.17) is 35.0 Å². The van der Waals surface area contributed by atoms with E-state index in [1.54, 1.807) is 12.1 Å². The van der Waals surface area contributed by atoms with Crippen LogP contribution < -0.4 is 5.14 Å². The van der Waals surface area contributed by atoms with Gasteiger partial charge in [-0.25, -0.2) is 43.5 Å². The Morgan fingerprint density at radius 2 is 0.844 bits per heavy atom. The maximum atomic E-state index is 12.7. The van der Waals surface area contributed by atoms with Crippen molar-refractivity contribution < 1.29 is 25.5 Å². The number of hydrogen-bond acceptors (Lipinski definition) is 8. The third-order valence-corrected chi connectivity index (χ3v) is 8.80. The molecule has 9 rings (SSSR count). The van der Waals surface area contributed by atoms with Crippen molar-refractivity contribution >= 4 is 54.2 Å². The topological polar surface area (TPSA) is 169 Å². The summed E-state index contributed by atoms with van der Waals surface area (Å²) in [6.45, 7) is 0. The maximum Gasteiger partial charge on any atom is 0.238 e. The fourth-order valence-electron chi connectivity index (χ4n) is 5.90. The fourth-order valence-corrected chi connectivity index (χ4v) is 6.65. The predicted octanol–water partition coefficient (Wildman–Crippen LogP) is 5.51. The second kappa shape index (κ2) is 9.84. The average Bonchev–Trinajstić information content (AvgIpc) is 3.76. The summed E-state index contributed by atoms with van der Waals surface area (Å²) >= 11 is 0. The number of aromatic nitrogens is 8. The third-order valence-electron chi connectivity index (χ3n) is 7.85. The summed E-state index contributed by atoms with van der Waals surface area (Å²) in [5, 5.41) is 8.26. The van der Waals surface area contributed by atoms with Crippen LogP contribution in [0.2, 0.25) is 0 Å². The molecule has 0 amide bonds. The molecule has 0 radical (unpaired) electrons. The maximum absolute atomic E-state index is 12.7. The number of nitrogens with zero attached hydrogens (tertiary/aromatic N) is 6. The van der Waals surface area contributed by atoms with Gasteiger partial charge in [-0.3, -0.25) is 0 Å². The summed E-state index contributed by atoms with van der Waals surface area (Å²) in [7, 11) is -4.12. The van der Waals surface area contributed by atoms with E-state index < -0.39 is 10.0 Å². The van der Waals surface area contributed by atoms with Crippen molar-refractivity contribution in [3.8, 4) is 45.6 Å². The second-order valence-corrected chi connectivity index (χ2v) is 12.0. The molecule has 13 heteroatoms. The van der Waals surface area contributed by atoms with Crippen molar-refractivity contribution in [2.24, 2.45) is 5.14 Å². The van der Waals surface area contributed by atoms with E-state index in [1.807, 2.05) is 72.8 Å². The minimum absolute atomic E-state index is 0. The Kier molecular flexibility index (Phi) is 5.96. The van der Waals surface area contributed by atoms with Crippen LogP contribution in [-0.4, -0.2) is 48.3 Å². The van der Waals surface area contributed by atoms with Gasteiger partial charge in [0, 0.05) is 60.9 Å². The van der Waals surface area contributed by atoms with Crippen molar-refractivity contribution in [3.63, 3.8) is 0 Å². The van der Waals surface area contributed by atoms with Gasteiger partial charge in [0.25, 0.3) is 0 Å². The fraction of sp³-hybridized carbons (Fsp3) is 0. The summed E-state index contributed by atoms with van der Waals surface area (Å²) in [6.07, 6.45) is 0. The minimum atomic E-state index is -4.12. The van der Waals surface area contributed by atoms with Crippen molar-refractivity contribution in [1.82, 2.24) is 39.9 Å². The molecule has 218 valence electrons. The van der Waals surface area contributed by atoms with E-state index in [9.17, 15) is 8.42 Å². The number of sulfonamides is 1. The number of nitrogens with one attached hydrogen (secondary N) is 2. The number of benzene rings is 4. The van der Waals surface area contributed by atoms with Crippen LogP contribution in [0.1, 0.15) is 0 Å². The molecule has 11 nitrogen and oxygen atoms in total. The molecule has 0 saturated heterocycles. The first-order chi connectivity index (χ1) is 21.4. The molecule has 2 aliphatic rings. The standard InChI is InChI=1S/C32H19N9O2S.Fe/c33-44(42,43)23-15-7-14-22-24(23)32-40-30-21-13-6-5-12-20(21)28(38-30)36-26-17-9-2-1-8-16(17)25(34-26)35-27-18-10-3-4-11-19(18)29(37-27)39-31(22)41-32;/h1-15H,(H2,33,42,43)(H2,34,35,36,37,38,39,40,41);. The molecule has 0 fully saturated rings. The largest absolute Gasteiger partial charge is 0.324 e. The molecular formula is C32H19FeN9O2S. The van der Waals surface area contributed by atoms with Crippen molar-refractivity contribution in [2.75, 3.05) is 0 Å². The normalized spacial score (nSPS) is 12.1. The van der Waals surface area contributed by atoms with Gasteiger partial charge in [0.15, 0.2) is 23.3 Å². The number of aromatic amines is 2. The number of nitrogens with two attached hydrogens (primary N) is 1. The van der Waals surface area contributed by atoms with Gasteiger partial charge in [0.05, 0.1) is 4.90 Å².